The van der Waals surface area contributed by atoms with Gasteiger partial charge in [-0.2, -0.15) is 5.10 Å². The molecule has 0 aliphatic carbocycles. The number of nitrogens with zero attached hydrogens (tertiary/aromatic N) is 3. The second kappa shape index (κ2) is 9.89. The molecule has 2 aromatic rings. The van der Waals surface area contributed by atoms with Crippen LogP contribution in [0.3, 0.4) is 0 Å². The lowest BCUT2D eigenvalue weighted by atomic mass is 10.2. The Morgan fingerprint density at radius 1 is 1.39 bits per heavy atom. The summed E-state index contributed by atoms with van der Waals surface area (Å²) in [4.78, 5) is 34.4. The van der Waals surface area contributed by atoms with E-state index in [1.54, 1.807) is 6.92 Å². The average molecular weight is 517 g/mol. The second-order valence-electron chi connectivity index (χ2n) is 7.20. The zero-order chi connectivity index (χ0) is 24.3. The maximum atomic E-state index is 12.0. The normalized spacial score (nSPS) is 17.2. The number of sulfone groups is 1. The lowest BCUT2D eigenvalue weighted by molar-refractivity contribution is -0.383. The summed E-state index contributed by atoms with van der Waals surface area (Å²) in [7, 11) is -3.13. The van der Waals surface area contributed by atoms with Gasteiger partial charge in [0.15, 0.2) is 16.4 Å². The Balaban J connectivity index is 1.60. The van der Waals surface area contributed by atoms with Crippen molar-refractivity contribution >= 4 is 62.4 Å². The SMILES string of the molecule is Cc1nn([C@@H]2CCS(=O)(=O)C2)c(Cl)c1/C=C/C(=O)OCC(=O)Nc1ccc(Cl)cc1[N+](=O)[O-]. The first kappa shape index (κ1) is 24.7. The molecule has 2 heterocycles. The number of carbonyl (C=O) groups is 2. The third-order valence-electron chi connectivity index (χ3n) is 4.79. The topological polar surface area (TPSA) is 151 Å². The van der Waals surface area contributed by atoms with Gasteiger partial charge >= 0.3 is 5.97 Å². The number of benzene rings is 1. The van der Waals surface area contributed by atoms with E-state index in [1.807, 2.05) is 0 Å². The third kappa shape index (κ3) is 6.09. The number of anilines is 1. The predicted octanol–water partition coefficient (Wildman–Crippen LogP) is 2.96. The van der Waals surface area contributed by atoms with Crippen molar-refractivity contribution in [1.82, 2.24) is 9.78 Å². The summed E-state index contributed by atoms with van der Waals surface area (Å²) < 4.78 is 29.7. The zero-order valence-corrected chi connectivity index (χ0v) is 19.5. The Kier molecular flexibility index (Phi) is 7.40. The van der Waals surface area contributed by atoms with E-state index in [0.717, 1.165) is 12.1 Å². The number of amides is 1. The van der Waals surface area contributed by atoms with Crippen LogP contribution in [0.1, 0.15) is 23.7 Å². The standard InChI is InChI=1S/C19H18Cl2N4O7S/c1-11-14(19(21)24(23-11)13-6-7-33(30,31)10-13)3-5-18(27)32-9-17(26)22-15-4-2-12(20)8-16(15)25(28)29/h2-5,8,13H,6-7,9-10H2,1H3,(H,22,26)/b5-3+/t13-/m1/s1. The molecule has 1 amide bonds. The van der Waals surface area contributed by atoms with Crippen molar-refractivity contribution in [3.8, 4) is 0 Å². The molecule has 0 bridgehead atoms. The van der Waals surface area contributed by atoms with E-state index in [4.69, 9.17) is 27.9 Å². The molecule has 176 valence electrons. The summed E-state index contributed by atoms with van der Waals surface area (Å²) in [5, 5.41) is 17.9. The van der Waals surface area contributed by atoms with E-state index in [2.05, 4.69) is 10.4 Å². The molecule has 0 unspecified atom stereocenters. The van der Waals surface area contributed by atoms with Gasteiger partial charge in [-0.05, 0) is 31.6 Å². The predicted molar refractivity (Wildman–Crippen MR) is 121 cm³/mol. The first-order chi connectivity index (χ1) is 15.5. The van der Waals surface area contributed by atoms with Crippen molar-refractivity contribution in [2.75, 3.05) is 23.4 Å². The van der Waals surface area contributed by atoms with Crippen LogP contribution in [0.2, 0.25) is 10.2 Å². The largest absolute Gasteiger partial charge is 0.452 e. The summed E-state index contributed by atoms with van der Waals surface area (Å²) in [6.07, 6.45) is 2.80. The van der Waals surface area contributed by atoms with Gasteiger partial charge in [0.05, 0.1) is 28.2 Å². The van der Waals surface area contributed by atoms with Crippen LogP contribution < -0.4 is 5.32 Å². The quantitative estimate of drug-likeness (QED) is 0.255. The number of hydrogen-bond acceptors (Lipinski definition) is 8. The van der Waals surface area contributed by atoms with Crippen molar-refractivity contribution in [3.05, 3.63) is 55.8 Å². The molecule has 1 aromatic heterocycles. The summed E-state index contributed by atoms with van der Waals surface area (Å²) >= 11 is 12.1. The fourth-order valence-corrected chi connectivity index (χ4v) is 5.45. The van der Waals surface area contributed by atoms with Crippen LogP contribution in [-0.4, -0.2) is 53.1 Å². The van der Waals surface area contributed by atoms with E-state index in [0.29, 0.717) is 17.7 Å². The fourth-order valence-electron chi connectivity index (χ4n) is 3.22. The number of hydrogen-bond donors (Lipinski definition) is 1. The van der Waals surface area contributed by atoms with Gasteiger partial charge in [0, 0.05) is 22.7 Å². The molecular formula is C19H18Cl2N4O7S. The molecule has 1 N–H and O–H groups in total. The molecule has 1 aromatic carbocycles. The number of aryl methyl sites for hydroxylation is 1. The van der Waals surface area contributed by atoms with E-state index in [1.165, 1.54) is 22.9 Å². The summed E-state index contributed by atoms with van der Waals surface area (Å²) in [5.41, 5.74) is 0.407. The van der Waals surface area contributed by atoms with E-state index in [9.17, 15) is 28.1 Å². The highest BCUT2D eigenvalue weighted by Crippen LogP contribution is 2.30. The van der Waals surface area contributed by atoms with Crippen molar-refractivity contribution < 1.29 is 27.7 Å². The van der Waals surface area contributed by atoms with Gasteiger partial charge in [0.2, 0.25) is 0 Å². The van der Waals surface area contributed by atoms with E-state index < -0.39 is 38.9 Å². The molecule has 0 saturated carbocycles. The van der Waals surface area contributed by atoms with Gasteiger partial charge in [-0.25, -0.2) is 17.9 Å². The minimum atomic E-state index is -3.13. The molecule has 0 radical (unpaired) electrons. The monoisotopic (exact) mass is 516 g/mol. The maximum Gasteiger partial charge on any atom is 0.331 e. The Morgan fingerprint density at radius 3 is 2.76 bits per heavy atom. The van der Waals surface area contributed by atoms with Gasteiger partial charge in [-0.1, -0.05) is 23.2 Å². The minimum absolute atomic E-state index is 0.0556. The van der Waals surface area contributed by atoms with Crippen LogP contribution in [0, 0.1) is 17.0 Å². The van der Waals surface area contributed by atoms with Crippen LogP contribution >= 0.6 is 23.2 Å². The average Bonchev–Trinajstić information content (AvgIpc) is 3.24. The van der Waals surface area contributed by atoms with Gasteiger partial charge in [0.25, 0.3) is 11.6 Å². The number of rotatable bonds is 7. The van der Waals surface area contributed by atoms with E-state index >= 15 is 0 Å². The number of ether oxygens (including phenoxy) is 1. The van der Waals surface area contributed by atoms with Crippen molar-refractivity contribution in [1.29, 1.82) is 0 Å². The van der Waals surface area contributed by atoms with Crippen LogP contribution in [0.4, 0.5) is 11.4 Å². The Bertz CT molecular complexity index is 1260. The number of nitro groups is 1. The number of halogens is 2. The lowest BCUT2D eigenvalue weighted by Gasteiger charge is -2.09. The third-order valence-corrected chi connectivity index (χ3v) is 7.15. The van der Waals surface area contributed by atoms with Crippen LogP contribution in [-0.2, 0) is 24.2 Å². The van der Waals surface area contributed by atoms with Crippen molar-refractivity contribution in [2.45, 2.75) is 19.4 Å². The minimum Gasteiger partial charge on any atom is -0.452 e. The number of aromatic nitrogens is 2. The number of nitro benzene ring substituents is 1. The smallest absolute Gasteiger partial charge is 0.331 e. The molecule has 1 saturated heterocycles. The molecular weight excluding hydrogens is 499 g/mol. The van der Waals surface area contributed by atoms with Crippen LogP contribution in [0.25, 0.3) is 6.08 Å². The van der Waals surface area contributed by atoms with Gasteiger partial charge in [-0.3, -0.25) is 14.9 Å². The molecule has 1 atom stereocenters. The van der Waals surface area contributed by atoms with Crippen molar-refractivity contribution in [2.24, 2.45) is 0 Å². The molecule has 0 spiro atoms. The van der Waals surface area contributed by atoms with Crippen molar-refractivity contribution in [3.63, 3.8) is 0 Å². The Hall–Kier alpha value is -2.96. The molecule has 33 heavy (non-hydrogen) atoms. The van der Waals surface area contributed by atoms with E-state index in [-0.39, 0.29) is 33.4 Å². The first-order valence-electron chi connectivity index (χ1n) is 9.50. The summed E-state index contributed by atoms with van der Waals surface area (Å²) in [5.74, 6) is -1.64. The molecule has 1 fully saturated rings. The number of esters is 1. The molecule has 1 aliphatic heterocycles. The van der Waals surface area contributed by atoms with Crippen LogP contribution in [0.15, 0.2) is 24.3 Å². The maximum absolute atomic E-state index is 12.0. The highest BCUT2D eigenvalue weighted by Gasteiger charge is 2.31. The second-order valence-corrected chi connectivity index (χ2v) is 10.2. The fraction of sp³-hybridized carbons (Fsp3) is 0.316. The molecule has 3 rings (SSSR count). The highest BCUT2D eigenvalue weighted by atomic mass is 35.5. The Labute approximate surface area is 198 Å². The molecule has 14 heteroatoms. The first-order valence-corrected chi connectivity index (χ1v) is 12.1. The zero-order valence-electron chi connectivity index (χ0n) is 17.2. The van der Waals surface area contributed by atoms with Gasteiger partial charge in [0.1, 0.15) is 10.8 Å². The van der Waals surface area contributed by atoms with Crippen LogP contribution in [0.5, 0.6) is 0 Å². The summed E-state index contributed by atoms with van der Waals surface area (Å²) in [6.45, 7) is 0.970. The Morgan fingerprint density at radius 2 is 2.12 bits per heavy atom. The molecule has 1 aliphatic rings. The number of carbonyl (C=O) groups excluding carboxylic acids is 2. The highest BCUT2D eigenvalue weighted by molar-refractivity contribution is 7.91. The summed E-state index contributed by atoms with van der Waals surface area (Å²) in [6, 6.07) is 3.33. The molecule has 11 nitrogen and oxygen atoms in total. The lowest BCUT2D eigenvalue weighted by Crippen LogP contribution is -2.20. The van der Waals surface area contributed by atoms with Gasteiger partial charge in [-0.15, -0.1) is 0 Å². The van der Waals surface area contributed by atoms with Gasteiger partial charge < -0.3 is 10.1 Å². The number of nitrogens with one attached hydrogen (secondary N) is 1.